The lowest BCUT2D eigenvalue weighted by atomic mass is 10.1. The minimum atomic E-state index is -4.77. The lowest BCUT2D eigenvalue weighted by molar-refractivity contribution is -0.161. The molecule has 0 aromatic carbocycles. The summed E-state index contributed by atoms with van der Waals surface area (Å²) in [6, 6.07) is 0. The third kappa shape index (κ3) is 53.2. The monoisotopic (exact) mass is 1060 g/mol. The van der Waals surface area contributed by atoms with E-state index in [0.29, 0.717) is 25.7 Å². The third-order valence-corrected chi connectivity index (χ3v) is 13.0. The van der Waals surface area contributed by atoms with Crippen LogP contribution in [0.2, 0.25) is 0 Å². The molecule has 0 aliphatic heterocycles. The van der Waals surface area contributed by atoms with E-state index in [-0.39, 0.29) is 25.9 Å². The number of phosphoric ester groups is 1. The van der Waals surface area contributed by atoms with Crippen LogP contribution in [0.25, 0.3) is 0 Å². The number of unbranched alkanes of at least 4 members (excludes halogenated alkanes) is 20. The first-order valence-electron chi connectivity index (χ1n) is 29.1. The van der Waals surface area contributed by atoms with E-state index in [4.69, 9.17) is 23.3 Å². The fourth-order valence-electron chi connectivity index (χ4n) is 7.59. The molecule has 0 amide bonds. The van der Waals surface area contributed by atoms with Crippen LogP contribution in [0.5, 0.6) is 0 Å². The van der Waals surface area contributed by atoms with Gasteiger partial charge < -0.3 is 24.2 Å². The Labute approximate surface area is 451 Å². The highest BCUT2D eigenvalue weighted by atomic mass is 31.2. The molecular formula is C62H105O11P. The van der Waals surface area contributed by atoms with Gasteiger partial charge in [-0.2, -0.15) is 0 Å². The van der Waals surface area contributed by atoms with Crippen LogP contribution in [0.15, 0.2) is 97.2 Å². The van der Waals surface area contributed by atoms with Gasteiger partial charge >= 0.3 is 25.7 Å². The van der Waals surface area contributed by atoms with Crippen LogP contribution in [0.1, 0.15) is 239 Å². The second-order valence-corrected chi connectivity index (χ2v) is 20.5. The van der Waals surface area contributed by atoms with Gasteiger partial charge in [0.15, 0.2) is 6.10 Å². The van der Waals surface area contributed by atoms with E-state index >= 15 is 0 Å². The number of carbonyl (C=O) groups excluding carboxylic acids is 3. The van der Waals surface area contributed by atoms with Gasteiger partial charge in [0.05, 0.1) is 19.8 Å². The van der Waals surface area contributed by atoms with Gasteiger partial charge in [-0.15, -0.1) is 0 Å². The summed E-state index contributed by atoms with van der Waals surface area (Å²) in [5.41, 5.74) is 0. The first-order chi connectivity index (χ1) is 36.2. The van der Waals surface area contributed by atoms with Crippen molar-refractivity contribution in [1.82, 2.24) is 0 Å². The van der Waals surface area contributed by atoms with Crippen LogP contribution in [0.4, 0.5) is 0 Å². The molecule has 3 atom stereocenters. The number of aliphatic hydroxyl groups excluding tert-OH is 1. The quantitative estimate of drug-likeness (QED) is 0.0197. The van der Waals surface area contributed by atoms with Gasteiger partial charge in [0.1, 0.15) is 12.7 Å². The fraction of sp³-hybridized carbons (Fsp3) is 0.694. The van der Waals surface area contributed by atoms with Crippen LogP contribution >= 0.6 is 7.82 Å². The summed E-state index contributed by atoms with van der Waals surface area (Å²) in [7, 11) is -4.77. The number of carbonyl (C=O) groups is 3. The Morgan fingerprint density at radius 1 is 0.392 bits per heavy atom. The number of ether oxygens (including phenoxy) is 3. The predicted molar refractivity (Wildman–Crippen MR) is 307 cm³/mol. The molecule has 0 spiro atoms. The summed E-state index contributed by atoms with van der Waals surface area (Å²) < 4.78 is 39.4. The zero-order valence-corrected chi connectivity index (χ0v) is 47.7. The van der Waals surface area contributed by atoms with Crippen molar-refractivity contribution in [2.24, 2.45) is 0 Å². The van der Waals surface area contributed by atoms with Crippen LogP contribution in [0, 0.1) is 0 Å². The van der Waals surface area contributed by atoms with Gasteiger partial charge in [-0.25, -0.2) is 4.57 Å². The predicted octanol–water partition coefficient (Wildman–Crippen LogP) is 17.3. The number of aliphatic hydroxyl groups is 1. The number of hydrogen-bond acceptors (Lipinski definition) is 10. The summed E-state index contributed by atoms with van der Waals surface area (Å²) in [5, 5.41) is 9.82. The number of rotatable bonds is 53. The molecule has 0 saturated carbocycles. The largest absolute Gasteiger partial charge is 0.472 e. The van der Waals surface area contributed by atoms with Crippen molar-refractivity contribution in [2.45, 2.75) is 251 Å². The lowest BCUT2D eigenvalue weighted by Crippen LogP contribution is -2.30. The first kappa shape index (κ1) is 70.4. The molecule has 12 heteroatoms. The number of hydrogen-bond donors (Lipinski definition) is 2. The number of esters is 3. The molecule has 74 heavy (non-hydrogen) atoms. The molecule has 0 aromatic rings. The molecule has 2 N–H and O–H groups in total. The Bertz CT molecular complexity index is 1610. The van der Waals surface area contributed by atoms with Crippen molar-refractivity contribution in [1.29, 1.82) is 0 Å². The van der Waals surface area contributed by atoms with Crippen molar-refractivity contribution in [3.05, 3.63) is 97.2 Å². The zero-order valence-electron chi connectivity index (χ0n) is 46.8. The normalized spacial score (nSPS) is 14.1. The Morgan fingerprint density at radius 2 is 0.730 bits per heavy atom. The Morgan fingerprint density at radius 3 is 1.19 bits per heavy atom. The maximum absolute atomic E-state index is 12.9. The molecule has 0 bridgehead atoms. The average molecular weight is 1060 g/mol. The molecule has 0 rings (SSSR count). The molecule has 0 aliphatic carbocycles. The van der Waals surface area contributed by atoms with Crippen LogP contribution in [-0.4, -0.2) is 66.5 Å². The summed E-state index contributed by atoms with van der Waals surface area (Å²) in [6.07, 6.45) is 65.3. The van der Waals surface area contributed by atoms with Crippen molar-refractivity contribution in [2.75, 3.05) is 26.4 Å². The van der Waals surface area contributed by atoms with Gasteiger partial charge in [-0.1, -0.05) is 227 Å². The smallest absolute Gasteiger partial charge is 0.462 e. The molecule has 0 fully saturated rings. The highest BCUT2D eigenvalue weighted by Gasteiger charge is 2.28. The average Bonchev–Trinajstić information content (AvgIpc) is 3.39. The maximum atomic E-state index is 12.9. The minimum absolute atomic E-state index is 0.0401. The fourth-order valence-corrected chi connectivity index (χ4v) is 8.37. The molecule has 0 radical (unpaired) electrons. The molecule has 11 nitrogen and oxygen atoms in total. The van der Waals surface area contributed by atoms with Gasteiger partial charge in [-0.05, 0) is 89.9 Å². The molecule has 0 saturated heterocycles. The summed E-state index contributed by atoms with van der Waals surface area (Å²) in [6.45, 7) is 4.39. The van der Waals surface area contributed by atoms with Gasteiger partial charge in [0, 0.05) is 19.3 Å². The Balaban J connectivity index is 4.71. The van der Waals surface area contributed by atoms with E-state index in [1.165, 1.54) is 89.9 Å². The van der Waals surface area contributed by atoms with E-state index in [1.807, 2.05) is 12.2 Å². The van der Waals surface area contributed by atoms with E-state index in [2.05, 4.69) is 106 Å². The topological polar surface area (TPSA) is 155 Å². The number of allylic oxidation sites excluding steroid dienone is 16. The number of phosphoric acid groups is 1. The van der Waals surface area contributed by atoms with Crippen molar-refractivity contribution in [3.8, 4) is 0 Å². The maximum Gasteiger partial charge on any atom is 0.472 e. The van der Waals surface area contributed by atoms with Crippen LogP contribution < -0.4 is 0 Å². The van der Waals surface area contributed by atoms with E-state index in [1.54, 1.807) is 0 Å². The Hall–Kier alpha value is -3.60. The van der Waals surface area contributed by atoms with Gasteiger partial charge in [0.25, 0.3) is 0 Å². The Kier molecular flexibility index (Phi) is 52.9. The second-order valence-electron chi connectivity index (χ2n) is 19.1. The van der Waals surface area contributed by atoms with Crippen molar-refractivity contribution in [3.63, 3.8) is 0 Å². The SMILES string of the molecule is CC/C=C\C/C=C\C/C=C\C/C=C\C/C=C\C/C=C\CCC(=O)OC(COC(=O)CCCCCCCCCCC)COP(=O)(O)OCC(CO)OC(=O)CCCCCCCCCCC/C=C\C/C=C\CCCCC. The van der Waals surface area contributed by atoms with Gasteiger partial charge in [-0.3, -0.25) is 23.4 Å². The zero-order chi connectivity index (χ0) is 54.1. The van der Waals surface area contributed by atoms with E-state index in [9.17, 15) is 28.9 Å². The second kappa shape index (κ2) is 55.6. The third-order valence-electron chi connectivity index (χ3n) is 12.0. The lowest BCUT2D eigenvalue weighted by Gasteiger charge is -2.21. The van der Waals surface area contributed by atoms with Crippen LogP contribution in [-0.2, 0) is 42.2 Å². The van der Waals surface area contributed by atoms with Crippen molar-refractivity contribution < 1.29 is 52.2 Å². The summed E-state index contributed by atoms with van der Waals surface area (Å²) in [4.78, 5) is 48.4. The molecule has 3 unspecified atom stereocenters. The standard InChI is InChI=1S/C62H105O11P/c1-4-7-10-13-16-19-21-23-25-27-29-31-33-35-37-40-43-46-49-52-61(65)72-58(54-63)56-70-74(67,68)71-57-59(55-69-60(64)51-48-45-42-39-18-15-12-9-6-3)73-62(66)53-50-47-44-41-38-36-34-32-30-28-26-24-22-20-17-14-11-8-5-2/h8,11,16-17,19-20,23-26,30,32,36,38,44,47,58-59,63H,4-7,9-10,12-15,18,21-22,27-29,31,33-35,37,39-43,45-46,48-57H2,1-3H3,(H,67,68)/b11-8-,19-16-,20-17-,25-23-,26-24-,32-30-,38-36-,47-44-. The molecule has 0 aromatic heterocycles. The van der Waals surface area contributed by atoms with E-state index < -0.39 is 57.8 Å². The highest BCUT2D eigenvalue weighted by Crippen LogP contribution is 2.43. The summed E-state index contributed by atoms with van der Waals surface area (Å²) in [5.74, 6) is -1.57. The summed E-state index contributed by atoms with van der Waals surface area (Å²) >= 11 is 0. The minimum Gasteiger partial charge on any atom is -0.462 e. The molecule has 0 aliphatic rings. The molecule has 424 valence electrons. The molecular weight excluding hydrogens is 952 g/mol. The van der Waals surface area contributed by atoms with Crippen LogP contribution in [0.3, 0.4) is 0 Å². The molecule has 0 heterocycles. The van der Waals surface area contributed by atoms with E-state index in [0.717, 1.165) is 83.5 Å². The van der Waals surface area contributed by atoms with Crippen molar-refractivity contribution >= 4 is 25.7 Å². The highest BCUT2D eigenvalue weighted by molar-refractivity contribution is 7.47. The first-order valence-corrected chi connectivity index (χ1v) is 30.6. The van der Waals surface area contributed by atoms with Gasteiger partial charge in [0.2, 0.25) is 0 Å².